The first-order chi connectivity index (χ1) is 18.1. The van der Waals surface area contributed by atoms with Crippen LogP contribution in [0.5, 0.6) is 0 Å². The molecule has 14 nitrogen and oxygen atoms in total. The van der Waals surface area contributed by atoms with E-state index in [9.17, 15) is 29.1 Å². The minimum Gasteiger partial charge on any atom is -0.481 e. The highest BCUT2D eigenvalue weighted by atomic mass is 16.4. The Morgan fingerprint density at radius 2 is 1.53 bits per heavy atom. The van der Waals surface area contributed by atoms with E-state index in [1.807, 2.05) is 23.5 Å². The first-order valence-electron chi connectivity index (χ1n) is 12.0. The SMILES string of the molecule is NCCCCC(N)C(=O)NC(Cc1c[nH]c2ccccc12)C(=O)NC(CC(=O)O)C(=O)NC(CO)C(=O)O. The van der Waals surface area contributed by atoms with Crippen LogP contribution in [-0.4, -0.2) is 87.3 Å². The van der Waals surface area contributed by atoms with Gasteiger partial charge in [0.1, 0.15) is 18.1 Å². The fraction of sp³-hybridized carbons (Fsp3) is 0.458. The third-order valence-corrected chi connectivity index (χ3v) is 5.85. The van der Waals surface area contributed by atoms with Crippen LogP contribution in [0.4, 0.5) is 0 Å². The van der Waals surface area contributed by atoms with E-state index in [1.165, 1.54) is 0 Å². The van der Waals surface area contributed by atoms with Gasteiger partial charge in [-0.15, -0.1) is 0 Å². The minimum atomic E-state index is -1.70. The lowest BCUT2D eigenvalue weighted by Gasteiger charge is -2.24. The number of carbonyl (C=O) groups is 5. The molecular weight excluding hydrogens is 500 g/mol. The van der Waals surface area contributed by atoms with Crippen molar-refractivity contribution in [2.24, 2.45) is 11.5 Å². The number of benzene rings is 1. The zero-order valence-corrected chi connectivity index (χ0v) is 20.7. The van der Waals surface area contributed by atoms with Crippen molar-refractivity contribution in [3.63, 3.8) is 0 Å². The van der Waals surface area contributed by atoms with Crippen molar-refractivity contribution < 1.29 is 39.3 Å². The van der Waals surface area contributed by atoms with Gasteiger partial charge in [-0.25, -0.2) is 4.79 Å². The summed E-state index contributed by atoms with van der Waals surface area (Å²) in [6.07, 6.45) is 2.36. The monoisotopic (exact) mass is 534 g/mol. The molecule has 0 radical (unpaired) electrons. The second-order valence-corrected chi connectivity index (χ2v) is 8.76. The van der Waals surface area contributed by atoms with E-state index in [4.69, 9.17) is 21.7 Å². The van der Waals surface area contributed by atoms with Crippen LogP contribution in [0.25, 0.3) is 10.9 Å². The normalized spacial score (nSPS) is 14.2. The largest absolute Gasteiger partial charge is 0.481 e. The number of aliphatic hydroxyl groups is 1. The smallest absolute Gasteiger partial charge is 0.328 e. The molecule has 0 saturated heterocycles. The van der Waals surface area contributed by atoms with Crippen LogP contribution in [0, 0.1) is 0 Å². The van der Waals surface area contributed by atoms with Gasteiger partial charge in [0.05, 0.1) is 19.1 Å². The Labute approximate surface area is 218 Å². The first kappa shape index (κ1) is 30.2. The summed E-state index contributed by atoms with van der Waals surface area (Å²) in [5.41, 5.74) is 12.9. The zero-order chi connectivity index (χ0) is 28.2. The molecule has 2 rings (SSSR count). The van der Waals surface area contributed by atoms with Crippen LogP contribution in [0.2, 0.25) is 0 Å². The number of hydrogen-bond acceptors (Lipinski definition) is 8. The fourth-order valence-electron chi connectivity index (χ4n) is 3.76. The molecule has 1 heterocycles. The maximum atomic E-state index is 13.3. The van der Waals surface area contributed by atoms with Gasteiger partial charge in [0.15, 0.2) is 0 Å². The number of carboxylic acids is 2. The summed E-state index contributed by atoms with van der Waals surface area (Å²) in [6, 6.07) is 1.69. The zero-order valence-electron chi connectivity index (χ0n) is 20.7. The second-order valence-electron chi connectivity index (χ2n) is 8.76. The van der Waals surface area contributed by atoms with E-state index in [1.54, 1.807) is 12.3 Å². The van der Waals surface area contributed by atoms with Gasteiger partial charge in [-0.2, -0.15) is 0 Å². The number of amides is 3. The van der Waals surface area contributed by atoms with Gasteiger partial charge in [-0.3, -0.25) is 19.2 Å². The Morgan fingerprint density at radius 3 is 2.16 bits per heavy atom. The number of fused-ring (bicyclic) bond motifs is 1. The molecule has 1 aromatic heterocycles. The molecule has 1 aromatic carbocycles. The molecular formula is C24H34N6O8. The maximum absolute atomic E-state index is 13.3. The average Bonchev–Trinajstić information content (AvgIpc) is 3.28. The number of aliphatic carboxylic acids is 2. The van der Waals surface area contributed by atoms with Gasteiger partial charge in [-0.05, 0) is 31.0 Å². The number of aromatic amines is 1. The molecule has 4 unspecified atom stereocenters. The molecule has 14 heteroatoms. The number of aliphatic hydroxyl groups excluding tert-OH is 1. The Hall–Kier alpha value is -4.01. The van der Waals surface area contributed by atoms with Gasteiger partial charge in [-0.1, -0.05) is 24.6 Å². The number of hydrogen-bond donors (Lipinski definition) is 9. The Morgan fingerprint density at radius 1 is 0.895 bits per heavy atom. The standard InChI is InChI=1S/C24H34N6O8/c25-8-4-3-6-15(26)21(34)28-17(9-13-11-27-16-7-2-1-5-14(13)16)22(35)29-18(10-20(32)33)23(36)30-19(12-31)24(37)38/h1-2,5,7,11,15,17-19,27,31H,3-4,6,8-10,12,25-26H2,(H,28,34)(H,29,35)(H,30,36)(H,32,33)(H,37,38). The lowest BCUT2D eigenvalue weighted by Crippen LogP contribution is -2.58. The highest BCUT2D eigenvalue weighted by Crippen LogP contribution is 2.19. The Kier molecular flexibility index (Phi) is 11.7. The third kappa shape index (κ3) is 8.83. The van der Waals surface area contributed by atoms with Crippen LogP contribution in [0.1, 0.15) is 31.2 Å². The molecule has 0 aliphatic carbocycles. The van der Waals surface area contributed by atoms with Gasteiger partial charge in [0.25, 0.3) is 0 Å². The van der Waals surface area contributed by atoms with Gasteiger partial charge in [0.2, 0.25) is 17.7 Å². The topological polar surface area (TPSA) is 250 Å². The van der Waals surface area contributed by atoms with Crippen molar-refractivity contribution in [3.05, 3.63) is 36.0 Å². The van der Waals surface area contributed by atoms with Gasteiger partial charge < -0.3 is 47.7 Å². The lowest BCUT2D eigenvalue weighted by molar-refractivity contribution is -0.144. The number of rotatable bonds is 16. The summed E-state index contributed by atoms with van der Waals surface area (Å²) in [5, 5.41) is 35.1. The van der Waals surface area contributed by atoms with Crippen LogP contribution in [0.3, 0.4) is 0 Å². The highest BCUT2D eigenvalue weighted by Gasteiger charge is 2.32. The van der Waals surface area contributed by atoms with E-state index >= 15 is 0 Å². The quantitative estimate of drug-likeness (QED) is 0.109. The molecule has 2 aromatic rings. The highest BCUT2D eigenvalue weighted by molar-refractivity contribution is 5.96. The number of aromatic nitrogens is 1. The molecule has 0 aliphatic heterocycles. The number of nitrogens with one attached hydrogen (secondary N) is 4. The van der Waals surface area contributed by atoms with E-state index in [0.717, 1.165) is 10.9 Å². The number of H-pyrrole nitrogens is 1. The van der Waals surface area contributed by atoms with Gasteiger partial charge >= 0.3 is 11.9 Å². The molecule has 0 aliphatic rings. The lowest BCUT2D eigenvalue weighted by atomic mass is 10.0. The van der Waals surface area contributed by atoms with Crippen LogP contribution in [0.15, 0.2) is 30.5 Å². The van der Waals surface area contributed by atoms with Crippen molar-refractivity contribution in [1.82, 2.24) is 20.9 Å². The second kappa shape index (κ2) is 14.7. The molecule has 0 bridgehead atoms. The van der Waals surface area contributed by atoms with Crippen LogP contribution >= 0.6 is 0 Å². The van der Waals surface area contributed by atoms with Gasteiger partial charge in [0, 0.05) is 23.5 Å². The minimum absolute atomic E-state index is 0.0209. The van der Waals surface area contributed by atoms with Crippen molar-refractivity contribution in [3.8, 4) is 0 Å². The third-order valence-electron chi connectivity index (χ3n) is 5.85. The molecule has 0 saturated carbocycles. The van der Waals surface area contributed by atoms with Crippen molar-refractivity contribution in [2.45, 2.75) is 56.3 Å². The Bertz CT molecular complexity index is 1140. The summed E-state index contributed by atoms with van der Waals surface area (Å²) >= 11 is 0. The Balaban J connectivity index is 2.27. The number of para-hydroxylation sites is 1. The van der Waals surface area contributed by atoms with E-state index < -0.39 is 66.9 Å². The predicted octanol–water partition coefficient (Wildman–Crippen LogP) is -1.83. The summed E-state index contributed by atoms with van der Waals surface area (Å²) in [5.74, 6) is -5.62. The fourth-order valence-corrected chi connectivity index (χ4v) is 3.76. The van der Waals surface area contributed by atoms with Crippen LogP contribution < -0.4 is 27.4 Å². The number of unbranched alkanes of at least 4 members (excludes halogenated alkanes) is 1. The summed E-state index contributed by atoms with van der Waals surface area (Å²) < 4.78 is 0. The van der Waals surface area contributed by atoms with Crippen LogP contribution in [-0.2, 0) is 30.4 Å². The number of carboxylic acid groups (broad SMARTS) is 2. The van der Waals surface area contributed by atoms with Crippen molar-refractivity contribution in [2.75, 3.05) is 13.2 Å². The first-order valence-corrected chi connectivity index (χ1v) is 12.0. The summed E-state index contributed by atoms with van der Waals surface area (Å²) in [6.45, 7) is -0.512. The van der Waals surface area contributed by atoms with E-state index in [0.29, 0.717) is 31.4 Å². The summed E-state index contributed by atoms with van der Waals surface area (Å²) in [7, 11) is 0. The van der Waals surface area contributed by atoms with Crippen molar-refractivity contribution in [1.29, 1.82) is 0 Å². The molecule has 208 valence electrons. The molecule has 4 atom stereocenters. The maximum Gasteiger partial charge on any atom is 0.328 e. The average molecular weight is 535 g/mol. The van der Waals surface area contributed by atoms with Crippen molar-refractivity contribution >= 4 is 40.6 Å². The molecule has 0 fully saturated rings. The van der Waals surface area contributed by atoms with E-state index in [2.05, 4.69) is 15.6 Å². The predicted molar refractivity (Wildman–Crippen MR) is 136 cm³/mol. The number of nitrogens with two attached hydrogens (primary N) is 2. The summed E-state index contributed by atoms with van der Waals surface area (Å²) in [4.78, 5) is 64.2. The number of carbonyl (C=O) groups excluding carboxylic acids is 3. The molecule has 3 amide bonds. The molecule has 38 heavy (non-hydrogen) atoms. The molecule has 0 spiro atoms. The van der Waals surface area contributed by atoms with E-state index in [-0.39, 0.29) is 6.42 Å². The molecule has 11 N–H and O–H groups in total.